The SMILES string of the molecule is C=CCOC(=O)C1=C[C@H](C2CCC2)[C@@H](CCCO)[C@H](OCC)O1. The summed E-state index contributed by atoms with van der Waals surface area (Å²) in [5.74, 6) is 0.768. The minimum atomic E-state index is -0.459. The van der Waals surface area contributed by atoms with Gasteiger partial charge in [-0.05, 0) is 50.5 Å². The first-order chi connectivity index (χ1) is 11.2. The van der Waals surface area contributed by atoms with E-state index >= 15 is 0 Å². The van der Waals surface area contributed by atoms with Gasteiger partial charge in [-0.2, -0.15) is 0 Å². The van der Waals surface area contributed by atoms with E-state index in [4.69, 9.17) is 19.3 Å². The second-order valence-electron chi connectivity index (χ2n) is 6.16. The first-order valence-electron chi connectivity index (χ1n) is 8.60. The van der Waals surface area contributed by atoms with Crippen LogP contribution in [-0.2, 0) is 19.0 Å². The van der Waals surface area contributed by atoms with Crippen molar-refractivity contribution in [3.8, 4) is 0 Å². The van der Waals surface area contributed by atoms with Crippen LogP contribution in [0.4, 0.5) is 0 Å². The van der Waals surface area contributed by atoms with E-state index in [0.717, 1.165) is 6.42 Å². The van der Waals surface area contributed by atoms with E-state index in [0.29, 0.717) is 18.9 Å². The summed E-state index contributed by atoms with van der Waals surface area (Å²) in [6.45, 7) is 6.31. The zero-order valence-corrected chi connectivity index (χ0v) is 13.9. The maximum atomic E-state index is 12.1. The topological polar surface area (TPSA) is 65.0 Å². The summed E-state index contributed by atoms with van der Waals surface area (Å²) >= 11 is 0. The average molecular weight is 324 g/mol. The van der Waals surface area contributed by atoms with Crippen LogP contribution >= 0.6 is 0 Å². The number of allylic oxidation sites excluding steroid dienone is 1. The Kier molecular flexibility index (Phi) is 7.12. The quantitative estimate of drug-likeness (QED) is 0.522. The normalized spacial score (nSPS) is 27.6. The first-order valence-corrected chi connectivity index (χ1v) is 8.60. The van der Waals surface area contributed by atoms with Crippen molar-refractivity contribution >= 4 is 5.97 Å². The molecule has 0 aromatic carbocycles. The van der Waals surface area contributed by atoms with E-state index in [9.17, 15) is 4.79 Å². The lowest BCUT2D eigenvalue weighted by Crippen LogP contribution is -2.41. The summed E-state index contributed by atoms with van der Waals surface area (Å²) in [4.78, 5) is 12.1. The molecule has 23 heavy (non-hydrogen) atoms. The third kappa shape index (κ3) is 4.58. The van der Waals surface area contributed by atoms with E-state index in [2.05, 4.69) is 6.58 Å². The van der Waals surface area contributed by atoms with Gasteiger partial charge in [-0.15, -0.1) is 0 Å². The molecule has 1 aliphatic carbocycles. The van der Waals surface area contributed by atoms with Crippen molar-refractivity contribution in [2.75, 3.05) is 19.8 Å². The molecule has 5 nitrogen and oxygen atoms in total. The molecule has 0 bridgehead atoms. The molecule has 5 heteroatoms. The van der Waals surface area contributed by atoms with Gasteiger partial charge in [0, 0.05) is 19.1 Å². The van der Waals surface area contributed by atoms with Crippen LogP contribution in [0.3, 0.4) is 0 Å². The smallest absolute Gasteiger partial charge is 0.373 e. The standard InChI is InChI=1S/C18H28O5/c1-3-11-22-17(20)16-12-15(13-7-5-8-13)14(9-6-10-19)18(23-16)21-4-2/h3,12-15,18-19H,1,4-11H2,2H3/t14-,15-,18-/m1/s1. The van der Waals surface area contributed by atoms with Crippen molar-refractivity contribution in [3.05, 3.63) is 24.5 Å². The molecule has 1 heterocycles. The molecule has 0 radical (unpaired) electrons. The highest BCUT2D eigenvalue weighted by Gasteiger charge is 2.42. The predicted molar refractivity (Wildman–Crippen MR) is 86.4 cm³/mol. The van der Waals surface area contributed by atoms with Gasteiger partial charge in [0.05, 0.1) is 0 Å². The van der Waals surface area contributed by atoms with Gasteiger partial charge in [0.1, 0.15) is 6.61 Å². The fourth-order valence-corrected chi connectivity index (χ4v) is 3.34. The summed E-state index contributed by atoms with van der Waals surface area (Å²) in [6, 6.07) is 0. The number of esters is 1. The molecule has 1 saturated carbocycles. The largest absolute Gasteiger partial charge is 0.457 e. The third-order valence-corrected chi connectivity index (χ3v) is 4.69. The summed E-state index contributed by atoms with van der Waals surface area (Å²) in [6.07, 6.45) is 8.13. The number of aliphatic hydroxyl groups is 1. The lowest BCUT2D eigenvalue weighted by molar-refractivity contribution is -0.185. The Balaban J connectivity index is 2.17. The van der Waals surface area contributed by atoms with Crippen molar-refractivity contribution in [1.29, 1.82) is 0 Å². The molecular formula is C18H28O5. The molecule has 0 spiro atoms. The summed E-state index contributed by atoms with van der Waals surface area (Å²) in [5.41, 5.74) is 0. The van der Waals surface area contributed by atoms with Gasteiger partial charge in [-0.3, -0.25) is 0 Å². The molecule has 1 aliphatic heterocycles. The van der Waals surface area contributed by atoms with E-state index in [-0.39, 0.29) is 30.8 Å². The highest BCUT2D eigenvalue weighted by molar-refractivity contribution is 5.86. The Morgan fingerprint density at radius 2 is 2.30 bits per heavy atom. The molecule has 2 aliphatic rings. The van der Waals surface area contributed by atoms with Crippen molar-refractivity contribution < 1.29 is 24.1 Å². The lowest BCUT2D eigenvalue weighted by atomic mass is 9.68. The summed E-state index contributed by atoms with van der Waals surface area (Å²) < 4.78 is 16.7. The van der Waals surface area contributed by atoms with Gasteiger partial charge in [-0.1, -0.05) is 19.1 Å². The minimum Gasteiger partial charge on any atom is -0.457 e. The number of rotatable bonds is 9. The Bertz CT molecular complexity index is 427. The number of aliphatic hydroxyl groups excluding tert-OH is 1. The highest BCUT2D eigenvalue weighted by atomic mass is 16.7. The Morgan fingerprint density at radius 1 is 1.52 bits per heavy atom. The van der Waals surface area contributed by atoms with Gasteiger partial charge < -0.3 is 19.3 Å². The second-order valence-corrected chi connectivity index (χ2v) is 6.16. The van der Waals surface area contributed by atoms with Gasteiger partial charge in [-0.25, -0.2) is 4.79 Å². The van der Waals surface area contributed by atoms with Crippen LogP contribution < -0.4 is 0 Å². The van der Waals surface area contributed by atoms with Crippen LogP contribution in [0, 0.1) is 17.8 Å². The third-order valence-electron chi connectivity index (χ3n) is 4.69. The van der Waals surface area contributed by atoms with Crippen molar-refractivity contribution in [3.63, 3.8) is 0 Å². The number of hydrogen-bond donors (Lipinski definition) is 1. The number of carbonyl (C=O) groups excluding carboxylic acids is 1. The Labute approximate surface area is 138 Å². The minimum absolute atomic E-state index is 0.157. The van der Waals surface area contributed by atoms with Crippen LogP contribution in [0.5, 0.6) is 0 Å². The molecule has 2 rings (SSSR count). The molecule has 1 N–H and O–H groups in total. The van der Waals surface area contributed by atoms with Crippen molar-refractivity contribution in [1.82, 2.24) is 0 Å². The Morgan fingerprint density at radius 3 is 2.87 bits per heavy atom. The van der Waals surface area contributed by atoms with E-state index < -0.39 is 12.3 Å². The van der Waals surface area contributed by atoms with E-state index in [1.54, 1.807) is 0 Å². The fraction of sp³-hybridized carbons (Fsp3) is 0.722. The maximum Gasteiger partial charge on any atom is 0.373 e. The number of ether oxygens (including phenoxy) is 3. The van der Waals surface area contributed by atoms with Crippen LogP contribution in [0.1, 0.15) is 39.0 Å². The first kappa shape index (κ1) is 18.0. The molecule has 0 aromatic rings. The van der Waals surface area contributed by atoms with Gasteiger partial charge >= 0.3 is 5.97 Å². The van der Waals surface area contributed by atoms with Gasteiger partial charge in [0.2, 0.25) is 12.0 Å². The average Bonchev–Trinajstić information content (AvgIpc) is 2.50. The van der Waals surface area contributed by atoms with E-state index in [1.807, 2.05) is 13.0 Å². The zero-order valence-electron chi connectivity index (χ0n) is 13.9. The predicted octanol–water partition coefficient (Wildman–Crippen LogP) is 2.80. The van der Waals surface area contributed by atoms with Gasteiger partial charge in [0.25, 0.3) is 0 Å². The summed E-state index contributed by atoms with van der Waals surface area (Å²) in [7, 11) is 0. The summed E-state index contributed by atoms with van der Waals surface area (Å²) in [5, 5.41) is 9.17. The molecule has 1 fully saturated rings. The van der Waals surface area contributed by atoms with Crippen LogP contribution in [0.2, 0.25) is 0 Å². The van der Waals surface area contributed by atoms with Crippen LogP contribution in [-0.4, -0.2) is 37.2 Å². The van der Waals surface area contributed by atoms with Crippen molar-refractivity contribution in [2.24, 2.45) is 17.8 Å². The highest BCUT2D eigenvalue weighted by Crippen LogP contribution is 2.44. The molecule has 0 aromatic heterocycles. The molecular weight excluding hydrogens is 296 g/mol. The molecule has 0 saturated heterocycles. The van der Waals surface area contributed by atoms with E-state index in [1.165, 1.54) is 25.3 Å². The molecule has 0 amide bonds. The van der Waals surface area contributed by atoms with Gasteiger partial charge in [0.15, 0.2) is 0 Å². The lowest BCUT2D eigenvalue weighted by Gasteiger charge is -2.43. The fourth-order valence-electron chi connectivity index (χ4n) is 3.34. The monoisotopic (exact) mass is 324 g/mol. The zero-order chi connectivity index (χ0) is 16.7. The number of carbonyl (C=O) groups is 1. The molecule has 130 valence electrons. The second kappa shape index (κ2) is 9.08. The number of hydrogen-bond acceptors (Lipinski definition) is 5. The van der Waals surface area contributed by atoms with Crippen LogP contribution in [0.25, 0.3) is 0 Å². The Hall–Kier alpha value is -1.33. The van der Waals surface area contributed by atoms with Crippen molar-refractivity contribution in [2.45, 2.75) is 45.3 Å². The molecule has 3 atom stereocenters. The molecule has 0 unspecified atom stereocenters. The van der Waals surface area contributed by atoms with Crippen LogP contribution in [0.15, 0.2) is 24.5 Å². The maximum absolute atomic E-state index is 12.1.